The van der Waals surface area contributed by atoms with Crippen molar-refractivity contribution in [2.24, 2.45) is 0 Å². The van der Waals surface area contributed by atoms with Crippen LogP contribution in [0.25, 0.3) is 0 Å². The maximum absolute atomic E-state index is 12.3. The summed E-state index contributed by atoms with van der Waals surface area (Å²) in [5.74, 6) is 1.06. The molecule has 0 aromatic carbocycles. The van der Waals surface area contributed by atoms with Crippen LogP contribution in [-0.4, -0.2) is 53.1 Å². The first-order chi connectivity index (χ1) is 19.4. The Balaban J connectivity index is 3.84. The third-order valence-electron chi connectivity index (χ3n) is 6.88. The minimum atomic E-state index is -4.61. The molecule has 0 aromatic heterocycles. The van der Waals surface area contributed by atoms with Gasteiger partial charge in [-0.2, -0.15) is 11.8 Å². The van der Waals surface area contributed by atoms with Crippen LogP contribution >= 0.6 is 19.6 Å². The molecule has 0 radical (unpaired) electrons. The number of esters is 1. The Morgan fingerprint density at radius 1 is 0.750 bits per heavy atom. The Hall–Kier alpha value is -0.600. The van der Waals surface area contributed by atoms with Crippen LogP contribution in [-0.2, 0) is 28.2 Å². The third-order valence-corrected chi connectivity index (χ3v) is 8.55. The van der Waals surface area contributed by atoms with Crippen molar-refractivity contribution in [3.63, 3.8) is 0 Å². The summed E-state index contributed by atoms with van der Waals surface area (Å²) < 4.78 is 25.9. The zero-order valence-corrected chi connectivity index (χ0v) is 26.9. The predicted molar refractivity (Wildman–Crippen MR) is 164 cm³/mol. The van der Waals surface area contributed by atoms with Gasteiger partial charge in [-0.25, -0.2) is 4.57 Å². The van der Waals surface area contributed by atoms with E-state index in [0.29, 0.717) is 25.3 Å². The second kappa shape index (κ2) is 29.9. The van der Waals surface area contributed by atoms with E-state index < -0.39 is 13.9 Å². The van der Waals surface area contributed by atoms with Crippen LogP contribution in [0.15, 0.2) is 0 Å². The van der Waals surface area contributed by atoms with Gasteiger partial charge in [-0.3, -0.25) is 14.1 Å². The quantitative estimate of drug-likeness (QED) is 0.0334. The zero-order valence-electron chi connectivity index (χ0n) is 25.2. The molecule has 238 valence electrons. The molecular weight excluding hydrogens is 551 g/mol. The van der Waals surface area contributed by atoms with E-state index in [1.165, 1.54) is 83.5 Å². The average molecular weight is 611 g/mol. The van der Waals surface area contributed by atoms with Crippen molar-refractivity contribution in [1.29, 1.82) is 0 Å². The smallest absolute Gasteiger partial charge is 0.468 e. The van der Waals surface area contributed by atoms with Gasteiger partial charge in [0.2, 0.25) is 0 Å². The molecule has 0 aliphatic heterocycles. The Labute approximate surface area is 248 Å². The van der Waals surface area contributed by atoms with Crippen LogP contribution in [0.1, 0.15) is 148 Å². The molecule has 0 bridgehead atoms. The Bertz CT molecular complexity index is 617. The Kier molecular flexibility index (Phi) is 29.4. The first kappa shape index (κ1) is 39.4. The normalized spacial score (nSPS) is 12.4. The number of carbonyl (C=O) groups is 2. The highest BCUT2D eigenvalue weighted by atomic mass is 32.2. The summed E-state index contributed by atoms with van der Waals surface area (Å²) in [6, 6.07) is 0. The highest BCUT2D eigenvalue weighted by Crippen LogP contribution is 2.36. The highest BCUT2D eigenvalue weighted by molar-refractivity contribution is 7.99. The number of unbranched alkanes of at least 4 members (excludes halogenated alkanes) is 19. The van der Waals surface area contributed by atoms with E-state index in [-0.39, 0.29) is 12.6 Å². The van der Waals surface area contributed by atoms with Crippen LogP contribution in [0, 0.1) is 0 Å². The van der Waals surface area contributed by atoms with Crippen molar-refractivity contribution in [2.75, 3.05) is 24.7 Å². The second-order valence-corrected chi connectivity index (χ2v) is 13.2. The van der Waals surface area contributed by atoms with Crippen molar-refractivity contribution >= 4 is 32.0 Å². The fourth-order valence-electron chi connectivity index (χ4n) is 4.54. The van der Waals surface area contributed by atoms with Gasteiger partial charge < -0.3 is 19.3 Å². The molecule has 0 heterocycles. The van der Waals surface area contributed by atoms with E-state index >= 15 is 0 Å². The van der Waals surface area contributed by atoms with Crippen LogP contribution in [0.3, 0.4) is 0 Å². The summed E-state index contributed by atoms with van der Waals surface area (Å²) in [5, 5.41) is 0. The Morgan fingerprint density at radius 3 is 1.73 bits per heavy atom. The molecule has 8 nitrogen and oxygen atoms in total. The lowest BCUT2D eigenvalue weighted by molar-refractivity contribution is -0.149. The van der Waals surface area contributed by atoms with Crippen LogP contribution in [0.4, 0.5) is 0 Å². The van der Waals surface area contributed by atoms with E-state index in [4.69, 9.17) is 14.5 Å². The summed E-state index contributed by atoms with van der Waals surface area (Å²) in [5.41, 5.74) is 0. The standard InChI is InChI=1S/C30H59O8PS/c1-2-3-4-5-6-7-8-9-10-11-14-17-20-23-30(32)38-29(26-37-39(33,34)35)27-40-25-22-19-16-13-12-15-18-21-24-36-28-31/h28-29H,2-27H2,1H3,(H2,33,34,35)/t29-/m1/s1. The van der Waals surface area contributed by atoms with Gasteiger partial charge in [0.15, 0.2) is 0 Å². The van der Waals surface area contributed by atoms with E-state index in [2.05, 4.69) is 16.2 Å². The summed E-state index contributed by atoms with van der Waals surface area (Å²) in [4.78, 5) is 40.5. The van der Waals surface area contributed by atoms with E-state index in [9.17, 15) is 14.2 Å². The molecule has 0 amide bonds. The van der Waals surface area contributed by atoms with Crippen molar-refractivity contribution in [2.45, 2.75) is 154 Å². The molecule has 10 heteroatoms. The third kappa shape index (κ3) is 31.9. The largest absolute Gasteiger partial charge is 0.469 e. The van der Waals surface area contributed by atoms with Crippen LogP contribution < -0.4 is 0 Å². The van der Waals surface area contributed by atoms with Gasteiger partial charge in [-0.15, -0.1) is 0 Å². The van der Waals surface area contributed by atoms with Crippen LogP contribution in [0.5, 0.6) is 0 Å². The fourth-order valence-corrected chi connectivity index (χ4v) is 5.90. The van der Waals surface area contributed by atoms with Gasteiger partial charge in [0.25, 0.3) is 6.47 Å². The molecule has 0 aliphatic carbocycles. The molecule has 0 rings (SSSR count). The lowest BCUT2D eigenvalue weighted by Crippen LogP contribution is -2.25. The van der Waals surface area contributed by atoms with Gasteiger partial charge in [0.05, 0.1) is 13.2 Å². The lowest BCUT2D eigenvalue weighted by Gasteiger charge is -2.18. The van der Waals surface area contributed by atoms with E-state index in [1.807, 2.05) is 0 Å². The molecule has 0 saturated carbocycles. The number of phosphoric ester groups is 1. The number of hydrogen-bond donors (Lipinski definition) is 2. The van der Waals surface area contributed by atoms with Gasteiger partial charge in [0.1, 0.15) is 6.10 Å². The zero-order chi connectivity index (χ0) is 29.6. The van der Waals surface area contributed by atoms with Crippen LogP contribution in [0.2, 0.25) is 0 Å². The molecule has 0 fully saturated rings. The molecule has 0 aromatic rings. The van der Waals surface area contributed by atoms with E-state index in [1.54, 1.807) is 11.8 Å². The molecule has 0 unspecified atom stereocenters. The number of rotatable bonds is 32. The van der Waals surface area contributed by atoms with Crippen molar-refractivity contribution in [1.82, 2.24) is 0 Å². The molecular formula is C30H59O8PS. The topological polar surface area (TPSA) is 119 Å². The molecule has 40 heavy (non-hydrogen) atoms. The fraction of sp³-hybridized carbons (Fsp3) is 0.933. The number of phosphoric acid groups is 1. The molecule has 0 spiro atoms. The first-order valence-corrected chi connectivity index (χ1v) is 18.6. The number of ether oxygens (including phenoxy) is 2. The monoisotopic (exact) mass is 610 g/mol. The predicted octanol–water partition coefficient (Wildman–Crippen LogP) is 8.52. The lowest BCUT2D eigenvalue weighted by atomic mass is 10.0. The average Bonchev–Trinajstić information content (AvgIpc) is 2.92. The van der Waals surface area contributed by atoms with Crippen molar-refractivity contribution in [3.8, 4) is 0 Å². The number of hydrogen-bond acceptors (Lipinski definition) is 7. The van der Waals surface area contributed by atoms with Crippen molar-refractivity contribution < 1.29 is 37.9 Å². The van der Waals surface area contributed by atoms with Crippen molar-refractivity contribution in [3.05, 3.63) is 0 Å². The Morgan fingerprint density at radius 2 is 1.23 bits per heavy atom. The minimum absolute atomic E-state index is 0.292. The highest BCUT2D eigenvalue weighted by Gasteiger charge is 2.21. The van der Waals surface area contributed by atoms with Gasteiger partial charge in [-0.1, -0.05) is 122 Å². The van der Waals surface area contributed by atoms with Gasteiger partial charge in [0, 0.05) is 12.2 Å². The number of carbonyl (C=O) groups excluding carboxylic acids is 2. The first-order valence-electron chi connectivity index (χ1n) is 15.9. The van der Waals surface area contributed by atoms with Gasteiger partial charge >= 0.3 is 13.8 Å². The molecule has 0 aliphatic rings. The number of thioether (sulfide) groups is 1. The van der Waals surface area contributed by atoms with E-state index in [0.717, 1.165) is 57.1 Å². The SMILES string of the molecule is CCCCCCCCCCCCCCCC(=O)O[C@H](COP(=O)(O)O)CSCCCCCCCCCCOC=O. The molecule has 1 atom stereocenters. The summed E-state index contributed by atoms with van der Waals surface area (Å²) in [6.45, 7) is 2.96. The molecule has 0 saturated heterocycles. The maximum atomic E-state index is 12.3. The summed E-state index contributed by atoms with van der Waals surface area (Å²) in [7, 11) is -4.61. The summed E-state index contributed by atoms with van der Waals surface area (Å²) in [6.07, 6.45) is 24.7. The van der Waals surface area contributed by atoms with Gasteiger partial charge in [-0.05, 0) is 25.0 Å². The minimum Gasteiger partial charge on any atom is -0.468 e. The molecule has 2 N–H and O–H groups in total. The second-order valence-electron chi connectivity index (χ2n) is 10.8. The summed E-state index contributed by atoms with van der Waals surface area (Å²) >= 11 is 1.63. The maximum Gasteiger partial charge on any atom is 0.469 e.